The number of nitrogens with zero attached hydrogens (tertiary/aromatic N) is 2. The summed E-state index contributed by atoms with van der Waals surface area (Å²) in [6.07, 6.45) is 3.75. The Morgan fingerprint density at radius 2 is 1.73 bits per heavy atom. The SMILES string of the molecule is COc1ccc(OC)c(C(C(=O)NC2CCCC2)N(C(=O)c2snc(C(N)=O)c2N)c2ccc(C(C)C)cc2)c1. The molecule has 3 aromatic rings. The van der Waals surface area contributed by atoms with E-state index in [1.165, 1.54) is 19.1 Å². The van der Waals surface area contributed by atoms with Crippen LogP contribution in [0.1, 0.15) is 82.8 Å². The van der Waals surface area contributed by atoms with Crippen LogP contribution in [0.5, 0.6) is 11.5 Å². The van der Waals surface area contributed by atoms with Gasteiger partial charge in [-0.15, -0.1) is 0 Å². The number of nitrogens with two attached hydrogens (primary N) is 2. The molecule has 5 N–H and O–H groups in total. The van der Waals surface area contributed by atoms with Gasteiger partial charge in [0, 0.05) is 17.3 Å². The molecule has 1 heterocycles. The van der Waals surface area contributed by atoms with Crippen molar-refractivity contribution in [3.8, 4) is 11.5 Å². The Bertz CT molecular complexity index is 1380. The highest BCUT2D eigenvalue weighted by Gasteiger charge is 2.38. The predicted octanol–water partition coefficient (Wildman–Crippen LogP) is 4.41. The molecule has 0 bridgehead atoms. The summed E-state index contributed by atoms with van der Waals surface area (Å²) < 4.78 is 15.1. The van der Waals surface area contributed by atoms with E-state index in [1.54, 1.807) is 30.3 Å². The Morgan fingerprint density at radius 3 is 2.27 bits per heavy atom. The van der Waals surface area contributed by atoms with Gasteiger partial charge in [-0.1, -0.05) is 38.8 Å². The van der Waals surface area contributed by atoms with Crippen LogP contribution in [0.3, 0.4) is 0 Å². The topological polar surface area (TPSA) is 150 Å². The number of methoxy groups -OCH3 is 2. The van der Waals surface area contributed by atoms with Crippen molar-refractivity contribution in [2.75, 3.05) is 24.9 Å². The number of carbonyl (C=O) groups excluding carboxylic acids is 3. The maximum Gasteiger partial charge on any atom is 0.273 e. The van der Waals surface area contributed by atoms with Crippen LogP contribution in [0.4, 0.5) is 11.4 Å². The molecule has 0 aliphatic heterocycles. The Kier molecular flexibility index (Phi) is 8.93. The maximum absolute atomic E-state index is 14.3. The number of carbonyl (C=O) groups is 3. The number of hydrogen-bond acceptors (Lipinski definition) is 8. The molecule has 2 aromatic carbocycles. The molecule has 40 heavy (non-hydrogen) atoms. The van der Waals surface area contributed by atoms with Gasteiger partial charge in [0.2, 0.25) is 5.91 Å². The lowest BCUT2D eigenvalue weighted by atomic mass is 9.99. The molecular weight excluding hydrogens is 530 g/mol. The standard InChI is InChI=1S/C29H35N5O5S/c1-16(2)17-9-11-19(12-10-17)34(29(37)26-23(30)24(27(31)35)33-40-26)25(28(36)32-18-7-5-6-8-18)21-15-20(38-3)13-14-22(21)39-4/h9-16,18,25H,5-8,30H2,1-4H3,(H2,31,35)(H,32,36). The number of benzene rings is 2. The van der Waals surface area contributed by atoms with Crippen LogP contribution in [-0.2, 0) is 4.79 Å². The van der Waals surface area contributed by atoms with E-state index in [-0.39, 0.29) is 34.1 Å². The summed E-state index contributed by atoms with van der Waals surface area (Å²) >= 11 is 0.764. The number of primary amides is 1. The molecule has 11 heteroatoms. The van der Waals surface area contributed by atoms with E-state index >= 15 is 0 Å². The lowest BCUT2D eigenvalue weighted by Crippen LogP contribution is -2.46. The van der Waals surface area contributed by atoms with Crippen LogP contribution in [0.2, 0.25) is 0 Å². The third kappa shape index (κ3) is 5.89. The molecule has 1 fully saturated rings. The number of aromatic nitrogens is 1. The molecule has 0 radical (unpaired) electrons. The first-order valence-corrected chi connectivity index (χ1v) is 13.9. The van der Waals surface area contributed by atoms with E-state index in [4.69, 9.17) is 20.9 Å². The molecule has 0 saturated heterocycles. The van der Waals surface area contributed by atoms with Gasteiger partial charge in [0.05, 0.1) is 19.9 Å². The third-order valence-electron chi connectivity index (χ3n) is 7.15. The number of anilines is 2. The molecule has 4 rings (SSSR count). The fraction of sp³-hybridized carbons (Fsp3) is 0.379. The average Bonchev–Trinajstić information content (AvgIpc) is 3.60. The first kappa shape index (κ1) is 28.9. The number of ether oxygens (including phenoxy) is 2. The van der Waals surface area contributed by atoms with Crippen molar-refractivity contribution in [3.63, 3.8) is 0 Å². The van der Waals surface area contributed by atoms with Crippen molar-refractivity contribution in [1.82, 2.24) is 9.69 Å². The van der Waals surface area contributed by atoms with Crippen molar-refractivity contribution in [1.29, 1.82) is 0 Å². The molecule has 212 valence electrons. The van der Waals surface area contributed by atoms with Crippen molar-refractivity contribution in [2.24, 2.45) is 5.73 Å². The van der Waals surface area contributed by atoms with E-state index in [1.807, 2.05) is 12.1 Å². The molecule has 1 aliphatic rings. The first-order chi connectivity index (χ1) is 19.2. The summed E-state index contributed by atoms with van der Waals surface area (Å²) in [6, 6.07) is 11.3. The van der Waals surface area contributed by atoms with Gasteiger partial charge in [-0.25, -0.2) is 0 Å². The Balaban J connectivity index is 1.93. The van der Waals surface area contributed by atoms with Gasteiger partial charge in [0.1, 0.15) is 22.4 Å². The summed E-state index contributed by atoms with van der Waals surface area (Å²) in [7, 11) is 3.03. The van der Waals surface area contributed by atoms with Gasteiger partial charge in [-0.2, -0.15) is 4.37 Å². The van der Waals surface area contributed by atoms with Crippen LogP contribution in [-0.4, -0.2) is 42.4 Å². The molecule has 1 atom stereocenters. The second-order valence-electron chi connectivity index (χ2n) is 10.1. The smallest absolute Gasteiger partial charge is 0.273 e. The molecule has 1 aromatic heterocycles. The lowest BCUT2D eigenvalue weighted by molar-refractivity contribution is -0.123. The second kappa shape index (κ2) is 12.4. The van der Waals surface area contributed by atoms with Gasteiger partial charge >= 0.3 is 0 Å². The zero-order chi connectivity index (χ0) is 29.0. The quantitative estimate of drug-likeness (QED) is 0.329. The zero-order valence-electron chi connectivity index (χ0n) is 23.1. The molecule has 10 nitrogen and oxygen atoms in total. The normalized spacial score (nSPS) is 14.1. The van der Waals surface area contributed by atoms with Gasteiger partial charge in [-0.3, -0.25) is 19.3 Å². The van der Waals surface area contributed by atoms with Gasteiger partial charge in [-0.05, 0) is 66.2 Å². The number of hydrogen-bond donors (Lipinski definition) is 3. The summed E-state index contributed by atoms with van der Waals surface area (Å²) in [5, 5.41) is 3.14. The van der Waals surface area contributed by atoms with E-state index in [2.05, 4.69) is 23.5 Å². The average molecular weight is 566 g/mol. The van der Waals surface area contributed by atoms with E-state index in [0.717, 1.165) is 42.8 Å². The summed E-state index contributed by atoms with van der Waals surface area (Å²) in [5.41, 5.74) is 13.3. The van der Waals surface area contributed by atoms with Crippen molar-refractivity contribution in [3.05, 3.63) is 64.2 Å². The van der Waals surface area contributed by atoms with Crippen molar-refractivity contribution in [2.45, 2.75) is 57.5 Å². The van der Waals surface area contributed by atoms with Crippen LogP contribution < -0.4 is 31.2 Å². The van der Waals surface area contributed by atoms with Gasteiger partial charge in [0.15, 0.2) is 5.69 Å². The van der Waals surface area contributed by atoms with Crippen LogP contribution in [0, 0.1) is 0 Å². The van der Waals surface area contributed by atoms with Crippen LogP contribution >= 0.6 is 11.5 Å². The minimum absolute atomic E-state index is 0.00210. The summed E-state index contributed by atoms with van der Waals surface area (Å²) in [6.45, 7) is 4.14. The third-order valence-corrected chi connectivity index (χ3v) is 8.00. The highest BCUT2D eigenvalue weighted by Crippen LogP contribution is 2.39. The van der Waals surface area contributed by atoms with E-state index in [9.17, 15) is 14.4 Å². The molecule has 1 saturated carbocycles. The number of rotatable bonds is 10. The molecule has 1 unspecified atom stereocenters. The van der Waals surface area contributed by atoms with Crippen molar-refractivity contribution < 1.29 is 23.9 Å². The van der Waals surface area contributed by atoms with E-state index < -0.39 is 17.9 Å². The zero-order valence-corrected chi connectivity index (χ0v) is 23.9. The fourth-order valence-electron chi connectivity index (χ4n) is 4.94. The Labute approximate surface area is 237 Å². The fourth-order valence-corrected chi connectivity index (χ4v) is 5.69. The molecule has 1 aliphatic carbocycles. The number of amides is 3. The van der Waals surface area contributed by atoms with Gasteiger partial charge in [0.25, 0.3) is 11.8 Å². The molecular formula is C29H35N5O5S. The highest BCUT2D eigenvalue weighted by molar-refractivity contribution is 7.09. The molecule has 3 amide bonds. The second-order valence-corrected chi connectivity index (χ2v) is 10.8. The lowest BCUT2D eigenvalue weighted by Gasteiger charge is -2.33. The highest BCUT2D eigenvalue weighted by atomic mass is 32.1. The minimum atomic E-state index is -1.17. The maximum atomic E-state index is 14.3. The number of nitrogen functional groups attached to an aromatic ring is 1. The van der Waals surface area contributed by atoms with Crippen molar-refractivity contribution >= 4 is 40.6 Å². The van der Waals surface area contributed by atoms with Gasteiger partial charge < -0.3 is 26.3 Å². The molecule has 0 spiro atoms. The first-order valence-electron chi connectivity index (χ1n) is 13.2. The predicted molar refractivity (Wildman–Crippen MR) is 155 cm³/mol. The van der Waals surface area contributed by atoms with Crippen LogP contribution in [0.15, 0.2) is 42.5 Å². The Morgan fingerprint density at radius 1 is 1.05 bits per heavy atom. The van der Waals surface area contributed by atoms with E-state index in [0.29, 0.717) is 22.7 Å². The minimum Gasteiger partial charge on any atom is -0.497 e. The summed E-state index contributed by atoms with van der Waals surface area (Å²) in [5.74, 6) is -0.669. The van der Waals surface area contributed by atoms with Crippen LogP contribution in [0.25, 0.3) is 0 Å². The number of nitrogens with one attached hydrogen (secondary N) is 1. The Hall–Kier alpha value is -4.12. The largest absolute Gasteiger partial charge is 0.497 e. The summed E-state index contributed by atoms with van der Waals surface area (Å²) in [4.78, 5) is 41.8. The monoisotopic (exact) mass is 565 g/mol.